The molecule has 6 nitrogen and oxygen atoms in total. The zero-order valence-electron chi connectivity index (χ0n) is 13.7. The van der Waals surface area contributed by atoms with Crippen molar-refractivity contribution in [2.75, 3.05) is 18.0 Å². The lowest BCUT2D eigenvalue weighted by Crippen LogP contribution is -2.40. The molecule has 3 N–H and O–H groups in total. The first-order chi connectivity index (χ1) is 12.1. The summed E-state index contributed by atoms with van der Waals surface area (Å²) in [4.78, 5) is 11.1. The largest absolute Gasteiger partial charge is 0.356 e. The van der Waals surface area contributed by atoms with Crippen LogP contribution in [0.25, 0.3) is 28.2 Å². The molecule has 1 aliphatic heterocycles. The van der Waals surface area contributed by atoms with Crippen LogP contribution in [0.15, 0.2) is 37.0 Å². The predicted molar refractivity (Wildman–Crippen MR) is 98.8 cm³/mol. The molecule has 1 saturated heterocycles. The fourth-order valence-corrected chi connectivity index (χ4v) is 3.14. The van der Waals surface area contributed by atoms with Crippen LogP contribution in [0.2, 0.25) is 0 Å². The molecule has 7 heteroatoms. The molecule has 0 radical (unpaired) electrons. The molecule has 4 rings (SSSR count). The van der Waals surface area contributed by atoms with Crippen LogP contribution in [-0.2, 0) is 0 Å². The molecule has 0 spiro atoms. The van der Waals surface area contributed by atoms with Crippen LogP contribution in [-0.4, -0.2) is 39.3 Å². The molecule has 0 atom stereocenters. The number of halogens is 1. The van der Waals surface area contributed by atoms with E-state index < -0.39 is 5.83 Å². The average Bonchev–Trinajstić information content (AvgIpc) is 3.06. The molecule has 3 aromatic rings. The van der Waals surface area contributed by atoms with E-state index in [1.165, 1.54) is 0 Å². The van der Waals surface area contributed by atoms with Crippen molar-refractivity contribution in [3.8, 4) is 11.4 Å². The van der Waals surface area contributed by atoms with Crippen LogP contribution in [0.3, 0.4) is 0 Å². The van der Waals surface area contributed by atoms with E-state index in [0.717, 1.165) is 42.8 Å². The first-order valence-corrected chi connectivity index (χ1v) is 8.28. The van der Waals surface area contributed by atoms with Crippen LogP contribution < -0.4 is 10.6 Å². The van der Waals surface area contributed by atoms with Gasteiger partial charge < -0.3 is 10.6 Å². The van der Waals surface area contributed by atoms with E-state index >= 15 is 0 Å². The summed E-state index contributed by atoms with van der Waals surface area (Å²) >= 11 is 0. The monoisotopic (exact) mass is 340 g/mol. The highest BCUT2D eigenvalue weighted by molar-refractivity contribution is 5.90. The van der Waals surface area contributed by atoms with Gasteiger partial charge in [0.2, 0.25) is 0 Å². The minimum Gasteiger partial charge on any atom is -0.356 e. The van der Waals surface area contributed by atoms with Gasteiger partial charge >= 0.3 is 0 Å². The molecule has 4 heterocycles. The molecule has 0 saturated carbocycles. The first-order valence-electron chi connectivity index (χ1n) is 8.28. The standard InChI is InChI=1S/C18H19FN6.H2/c1-11(19)12-9-15(17-14-3-2-6-21-18(14)24-23-17)22-16(10-12)25-7-4-13(20)5-8-25;/h2-3,6,9-10,13H,1,4-5,7-8,20H2,(H,21,23,24);1H. The second-order valence-electron chi connectivity index (χ2n) is 6.30. The van der Waals surface area contributed by atoms with E-state index in [9.17, 15) is 4.39 Å². The molecule has 0 bridgehead atoms. The maximum atomic E-state index is 13.9. The van der Waals surface area contributed by atoms with Gasteiger partial charge in [-0.2, -0.15) is 5.10 Å². The van der Waals surface area contributed by atoms with Crippen molar-refractivity contribution in [2.24, 2.45) is 5.73 Å². The zero-order chi connectivity index (χ0) is 17.4. The number of aromatic nitrogens is 4. The lowest BCUT2D eigenvalue weighted by atomic mass is 10.1. The Hall–Kier alpha value is -2.80. The van der Waals surface area contributed by atoms with Crippen LogP contribution in [0.1, 0.15) is 19.8 Å². The van der Waals surface area contributed by atoms with E-state index in [0.29, 0.717) is 16.9 Å². The van der Waals surface area contributed by atoms with Crippen LogP contribution in [0.4, 0.5) is 10.2 Å². The molecule has 25 heavy (non-hydrogen) atoms. The second kappa shape index (κ2) is 6.25. The van der Waals surface area contributed by atoms with Gasteiger partial charge in [-0.1, -0.05) is 6.58 Å². The number of anilines is 1. The Morgan fingerprint density at radius 2 is 2.16 bits per heavy atom. The number of hydrogen-bond acceptors (Lipinski definition) is 5. The van der Waals surface area contributed by atoms with Crippen molar-refractivity contribution in [1.82, 2.24) is 20.2 Å². The van der Waals surface area contributed by atoms with Crippen molar-refractivity contribution in [2.45, 2.75) is 18.9 Å². The highest BCUT2D eigenvalue weighted by Gasteiger charge is 2.20. The van der Waals surface area contributed by atoms with Gasteiger partial charge in [0.15, 0.2) is 5.65 Å². The number of hydrogen-bond donors (Lipinski definition) is 2. The van der Waals surface area contributed by atoms with Crippen molar-refractivity contribution < 1.29 is 5.82 Å². The molecule has 3 aromatic heterocycles. The summed E-state index contributed by atoms with van der Waals surface area (Å²) in [6.45, 7) is 5.05. The highest BCUT2D eigenvalue weighted by atomic mass is 19.1. The van der Waals surface area contributed by atoms with E-state index in [1.54, 1.807) is 18.3 Å². The SMILES string of the molecule is C=C(F)c1cc(-c2[nH]nc3ncccc23)nc(N2CCC(N)CC2)c1.[HH]. The highest BCUT2D eigenvalue weighted by Crippen LogP contribution is 2.30. The van der Waals surface area contributed by atoms with Gasteiger partial charge in [-0.3, -0.25) is 5.10 Å². The topological polar surface area (TPSA) is 83.7 Å². The summed E-state index contributed by atoms with van der Waals surface area (Å²) in [5.74, 6) is 0.241. The number of piperidine rings is 1. The number of rotatable bonds is 3. The molecular formula is C18H21FN6. The molecule has 0 unspecified atom stereocenters. The third-order valence-corrected chi connectivity index (χ3v) is 4.57. The van der Waals surface area contributed by atoms with Gasteiger partial charge in [0, 0.05) is 37.7 Å². The quantitative estimate of drug-likeness (QED) is 0.765. The molecule has 130 valence electrons. The van der Waals surface area contributed by atoms with Crippen LogP contribution >= 0.6 is 0 Å². The van der Waals surface area contributed by atoms with Crippen LogP contribution in [0, 0.1) is 0 Å². The number of H-pyrrole nitrogens is 1. The van der Waals surface area contributed by atoms with Crippen molar-refractivity contribution in [3.05, 3.63) is 42.6 Å². The Balaban J connectivity index is 0.00000196. The number of nitrogens with zero attached hydrogens (tertiary/aromatic N) is 4. The normalized spacial score (nSPS) is 15.7. The van der Waals surface area contributed by atoms with Gasteiger partial charge in [0.05, 0.1) is 11.4 Å². The summed E-state index contributed by atoms with van der Waals surface area (Å²) in [6.07, 6.45) is 3.48. The lowest BCUT2D eigenvalue weighted by Gasteiger charge is -2.31. The molecule has 0 aliphatic carbocycles. The number of fused-ring (bicyclic) bond motifs is 1. The zero-order valence-corrected chi connectivity index (χ0v) is 13.7. The van der Waals surface area contributed by atoms with Crippen molar-refractivity contribution in [1.29, 1.82) is 0 Å². The summed E-state index contributed by atoms with van der Waals surface area (Å²) in [6, 6.07) is 7.39. The van der Waals surface area contributed by atoms with E-state index in [2.05, 4.69) is 26.7 Å². The third kappa shape index (κ3) is 2.98. The minimum atomic E-state index is -0.486. The second-order valence-corrected chi connectivity index (χ2v) is 6.30. The van der Waals surface area contributed by atoms with Crippen molar-refractivity contribution in [3.63, 3.8) is 0 Å². The maximum Gasteiger partial charge on any atom is 0.181 e. The molecule has 1 aliphatic rings. The van der Waals surface area contributed by atoms with Gasteiger partial charge in [0.25, 0.3) is 0 Å². The molecule has 0 amide bonds. The fraction of sp³-hybridized carbons (Fsp3) is 0.278. The summed E-state index contributed by atoms with van der Waals surface area (Å²) in [7, 11) is 0. The fourth-order valence-electron chi connectivity index (χ4n) is 3.14. The molecule has 1 fully saturated rings. The minimum absolute atomic E-state index is 0. The van der Waals surface area contributed by atoms with Crippen molar-refractivity contribution >= 4 is 22.7 Å². The van der Waals surface area contributed by atoms with Crippen LogP contribution in [0.5, 0.6) is 0 Å². The van der Waals surface area contributed by atoms with E-state index in [-0.39, 0.29) is 7.47 Å². The predicted octanol–water partition coefficient (Wildman–Crippen LogP) is 3.13. The Morgan fingerprint density at radius 3 is 2.92 bits per heavy atom. The van der Waals surface area contributed by atoms with E-state index in [1.807, 2.05) is 12.1 Å². The number of aromatic amines is 1. The summed E-state index contributed by atoms with van der Waals surface area (Å²) in [5, 5.41) is 8.02. The smallest absolute Gasteiger partial charge is 0.181 e. The number of nitrogens with two attached hydrogens (primary N) is 1. The average molecular weight is 340 g/mol. The maximum absolute atomic E-state index is 13.9. The Kier molecular flexibility index (Phi) is 3.93. The molecular weight excluding hydrogens is 319 g/mol. The molecule has 0 aromatic carbocycles. The summed E-state index contributed by atoms with van der Waals surface area (Å²) in [5.41, 5.74) is 8.35. The van der Waals surface area contributed by atoms with E-state index in [4.69, 9.17) is 10.7 Å². The number of pyridine rings is 2. The Labute approximate surface area is 146 Å². The summed E-state index contributed by atoms with van der Waals surface area (Å²) < 4.78 is 13.9. The van der Waals surface area contributed by atoms with Gasteiger partial charge in [0.1, 0.15) is 11.6 Å². The lowest BCUT2D eigenvalue weighted by molar-refractivity contribution is 0.498. The third-order valence-electron chi connectivity index (χ3n) is 4.57. The first kappa shape index (κ1) is 15.7. The number of nitrogens with one attached hydrogen (secondary N) is 1. The van der Waals surface area contributed by atoms with Gasteiger partial charge in [-0.15, -0.1) is 0 Å². The Bertz CT molecular complexity index is 932. The van der Waals surface area contributed by atoms with Gasteiger partial charge in [-0.05, 0) is 37.1 Å². The van der Waals surface area contributed by atoms with Gasteiger partial charge in [-0.25, -0.2) is 14.4 Å². The Morgan fingerprint density at radius 1 is 1.36 bits per heavy atom.